The van der Waals surface area contributed by atoms with E-state index in [-0.39, 0.29) is 5.69 Å². The molecule has 0 aliphatic rings. The van der Waals surface area contributed by atoms with E-state index >= 15 is 0 Å². The number of aromatic nitrogens is 2. The lowest BCUT2D eigenvalue weighted by Crippen LogP contribution is -2.17. The van der Waals surface area contributed by atoms with E-state index in [9.17, 15) is 15.0 Å². The van der Waals surface area contributed by atoms with Crippen LogP contribution in [0.15, 0.2) is 41.8 Å². The first-order valence-electron chi connectivity index (χ1n) is 6.98. The Labute approximate surface area is 129 Å². The number of allylic oxidation sites excluding steroid dienone is 4. The first-order valence-corrected chi connectivity index (χ1v) is 6.98. The van der Waals surface area contributed by atoms with E-state index in [1.807, 2.05) is 6.08 Å². The summed E-state index contributed by atoms with van der Waals surface area (Å²) in [7, 11) is 1.26. The summed E-state index contributed by atoms with van der Waals surface area (Å²) in [5.74, 6) is -0.239. The maximum Gasteiger partial charge on any atom is 0.293 e. The van der Waals surface area contributed by atoms with Crippen LogP contribution in [0.25, 0.3) is 0 Å². The minimum atomic E-state index is -1.43. The SMILES string of the molecule is C=CCC=C(C=C)CCCc1nc(C(O)OC)c(O)c(=O)[nH]1. The van der Waals surface area contributed by atoms with Crippen LogP contribution in [0.5, 0.6) is 5.75 Å². The number of nitrogens with one attached hydrogen (secondary N) is 1. The van der Waals surface area contributed by atoms with Crippen LogP contribution >= 0.6 is 0 Å². The third-order valence-electron chi connectivity index (χ3n) is 3.12. The minimum absolute atomic E-state index is 0.174. The van der Waals surface area contributed by atoms with Gasteiger partial charge in [-0.2, -0.15) is 0 Å². The largest absolute Gasteiger partial charge is 0.502 e. The molecule has 0 radical (unpaired) electrons. The zero-order valence-corrected chi connectivity index (χ0v) is 12.7. The van der Waals surface area contributed by atoms with Gasteiger partial charge in [0.2, 0.25) is 12.0 Å². The second-order valence-corrected chi connectivity index (χ2v) is 4.70. The Kier molecular flexibility index (Phi) is 7.28. The topological polar surface area (TPSA) is 95.4 Å². The second-order valence-electron chi connectivity index (χ2n) is 4.70. The summed E-state index contributed by atoms with van der Waals surface area (Å²) in [4.78, 5) is 18.2. The molecular weight excluding hydrogens is 284 g/mol. The molecule has 0 bridgehead atoms. The van der Waals surface area contributed by atoms with E-state index in [1.165, 1.54) is 7.11 Å². The third-order valence-corrected chi connectivity index (χ3v) is 3.12. The Morgan fingerprint density at radius 3 is 2.82 bits per heavy atom. The molecule has 1 heterocycles. The standard InChI is InChI=1S/C16H22N2O4/c1-4-6-8-11(5-2)9-7-10-12-17-13(16(21)22-3)14(19)15(20)18-12/h4-5,8,16,19,21H,1-2,6-7,9-10H2,3H3,(H,17,18,20). The summed E-state index contributed by atoms with van der Waals surface area (Å²) in [6.45, 7) is 7.41. The average Bonchev–Trinajstić information content (AvgIpc) is 2.52. The molecule has 1 aromatic rings. The highest BCUT2D eigenvalue weighted by Crippen LogP contribution is 2.18. The molecule has 0 spiro atoms. The lowest BCUT2D eigenvalue weighted by atomic mass is 10.1. The molecule has 22 heavy (non-hydrogen) atoms. The van der Waals surface area contributed by atoms with Crippen LogP contribution in [-0.4, -0.2) is 27.3 Å². The van der Waals surface area contributed by atoms with Gasteiger partial charge in [-0.05, 0) is 19.3 Å². The van der Waals surface area contributed by atoms with Crippen LogP contribution in [0.3, 0.4) is 0 Å². The number of aryl methyl sites for hydroxylation is 1. The van der Waals surface area contributed by atoms with E-state index < -0.39 is 17.6 Å². The van der Waals surface area contributed by atoms with Crippen LogP contribution in [0, 0.1) is 0 Å². The van der Waals surface area contributed by atoms with Gasteiger partial charge in [0.05, 0.1) is 0 Å². The van der Waals surface area contributed by atoms with E-state index in [2.05, 4.69) is 27.9 Å². The van der Waals surface area contributed by atoms with Crippen LogP contribution in [0.1, 0.15) is 37.1 Å². The molecule has 0 saturated carbocycles. The predicted octanol–water partition coefficient (Wildman–Crippen LogP) is 2.12. The quantitative estimate of drug-likeness (QED) is 0.369. The number of hydrogen-bond acceptors (Lipinski definition) is 5. The molecule has 6 heteroatoms. The van der Waals surface area contributed by atoms with E-state index in [0.717, 1.165) is 24.8 Å². The molecule has 0 aromatic carbocycles. The van der Waals surface area contributed by atoms with Crippen molar-refractivity contribution in [1.82, 2.24) is 9.97 Å². The highest BCUT2D eigenvalue weighted by molar-refractivity contribution is 5.24. The predicted molar refractivity (Wildman–Crippen MR) is 84.5 cm³/mol. The fraction of sp³-hybridized carbons (Fsp3) is 0.375. The Bertz CT molecular complexity index is 605. The summed E-state index contributed by atoms with van der Waals surface area (Å²) in [6.07, 6.45) is 7.00. The van der Waals surface area contributed by atoms with Crippen LogP contribution in [-0.2, 0) is 11.2 Å². The monoisotopic (exact) mass is 306 g/mol. The van der Waals surface area contributed by atoms with E-state index in [1.54, 1.807) is 12.2 Å². The summed E-state index contributed by atoms with van der Waals surface area (Å²) < 4.78 is 4.68. The van der Waals surface area contributed by atoms with E-state index in [4.69, 9.17) is 0 Å². The fourth-order valence-corrected chi connectivity index (χ4v) is 1.92. The molecule has 0 fully saturated rings. The molecule has 6 nitrogen and oxygen atoms in total. The minimum Gasteiger partial charge on any atom is -0.502 e. The van der Waals surface area contributed by atoms with Crippen molar-refractivity contribution in [2.45, 2.75) is 32.0 Å². The maximum absolute atomic E-state index is 11.6. The number of aliphatic hydroxyl groups excluding tert-OH is 1. The summed E-state index contributed by atoms with van der Waals surface area (Å²) in [6, 6.07) is 0. The molecule has 0 amide bonds. The van der Waals surface area contributed by atoms with Crippen molar-refractivity contribution >= 4 is 0 Å². The van der Waals surface area contributed by atoms with Crippen LogP contribution < -0.4 is 5.56 Å². The van der Waals surface area contributed by atoms with E-state index in [0.29, 0.717) is 12.2 Å². The van der Waals surface area contributed by atoms with Gasteiger partial charge in [-0.1, -0.05) is 30.4 Å². The van der Waals surface area contributed by atoms with Gasteiger partial charge >= 0.3 is 0 Å². The number of methoxy groups -OCH3 is 1. The molecule has 0 saturated heterocycles. The molecule has 0 aliphatic carbocycles. The van der Waals surface area contributed by atoms with Crippen molar-refractivity contribution in [3.05, 3.63) is 58.8 Å². The normalized spacial score (nSPS) is 12.9. The van der Waals surface area contributed by atoms with Gasteiger partial charge in [0.15, 0.2) is 0 Å². The Hall–Kier alpha value is -2.18. The molecule has 1 aromatic heterocycles. The number of hydrogen-bond donors (Lipinski definition) is 3. The number of aromatic amines is 1. The number of H-pyrrole nitrogens is 1. The number of rotatable bonds is 9. The molecule has 1 atom stereocenters. The fourth-order valence-electron chi connectivity index (χ4n) is 1.92. The van der Waals surface area contributed by atoms with Gasteiger partial charge in [0, 0.05) is 13.5 Å². The molecular formula is C16H22N2O4. The van der Waals surface area contributed by atoms with Gasteiger partial charge < -0.3 is 19.9 Å². The Morgan fingerprint density at radius 2 is 2.23 bits per heavy atom. The van der Waals surface area contributed by atoms with Crippen LogP contribution in [0.2, 0.25) is 0 Å². The van der Waals surface area contributed by atoms with Crippen LogP contribution in [0.4, 0.5) is 0 Å². The zero-order chi connectivity index (χ0) is 16.5. The van der Waals surface area contributed by atoms with Gasteiger partial charge in [-0.15, -0.1) is 6.58 Å². The maximum atomic E-state index is 11.6. The summed E-state index contributed by atoms with van der Waals surface area (Å²) >= 11 is 0. The lowest BCUT2D eigenvalue weighted by Gasteiger charge is -2.11. The first-order chi connectivity index (χ1) is 10.5. The smallest absolute Gasteiger partial charge is 0.293 e. The third kappa shape index (κ3) is 4.98. The molecule has 0 aliphatic heterocycles. The van der Waals surface area contributed by atoms with Crippen molar-refractivity contribution in [1.29, 1.82) is 0 Å². The van der Waals surface area contributed by atoms with Crippen molar-refractivity contribution in [2.24, 2.45) is 0 Å². The molecule has 3 N–H and O–H groups in total. The van der Waals surface area contributed by atoms with Gasteiger partial charge in [0.1, 0.15) is 11.5 Å². The van der Waals surface area contributed by atoms with Crippen molar-refractivity contribution in [2.75, 3.05) is 7.11 Å². The Balaban J connectivity index is 2.78. The van der Waals surface area contributed by atoms with Gasteiger partial charge in [-0.25, -0.2) is 4.98 Å². The molecule has 1 rings (SSSR count). The van der Waals surface area contributed by atoms with Gasteiger partial charge in [0.25, 0.3) is 5.56 Å². The van der Waals surface area contributed by atoms with Gasteiger partial charge in [-0.3, -0.25) is 4.79 Å². The lowest BCUT2D eigenvalue weighted by molar-refractivity contribution is -0.0814. The van der Waals surface area contributed by atoms with Crippen molar-refractivity contribution in [3.8, 4) is 5.75 Å². The van der Waals surface area contributed by atoms with Crippen molar-refractivity contribution in [3.63, 3.8) is 0 Å². The van der Waals surface area contributed by atoms with Crippen molar-refractivity contribution < 1.29 is 14.9 Å². The highest BCUT2D eigenvalue weighted by Gasteiger charge is 2.17. The number of aromatic hydroxyl groups is 1. The summed E-state index contributed by atoms with van der Waals surface area (Å²) in [5.41, 5.74) is 0.229. The first kappa shape index (κ1) is 17.9. The number of nitrogens with zero attached hydrogens (tertiary/aromatic N) is 1. The summed E-state index contributed by atoms with van der Waals surface area (Å²) in [5, 5.41) is 19.2. The zero-order valence-electron chi connectivity index (χ0n) is 12.7. The number of ether oxygens (including phenoxy) is 1. The Morgan fingerprint density at radius 1 is 1.50 bits per heavy atom. The highest BCUT2D eigenvalue weighted by atomic mass is 16.6. The average molecular weight is 306 g/mol. The molecule has 120 valence electrons. The second kappa shape index (κ2) is 8.96. The molecule has 1 unspecified atom stereocenters. The number of aliphatic hydroxyl groups is 1.